The minimum Gasteiger partial charge on any atom is -0.496 e. The lowest BCUT2D eigenvalue weighted by molar-refractivity contribution is -0.123. The first-order valence-corrected chi connectivity index (χ1v) is 7.42. The summed E-state index contributed by atoms with van der Waals surface area (Å²) in [6.45, 7) is 0. The molecule has 2 atom stereocenters. The first kappa shape index (κ1) is 15.0. The minimum absolute atomic E-state index is 0.387. The molecule has 1 aliphatic rings. The predicted molar refractivity (Wildman–Crippen MR) is 79.1 cm³/mol. The van der Waals surface area contributed by atoms with E-state index in [0.29, 0.717) is 21.9 Å². The highest BCUT2D eigenvalue weighted by Crippen LogP contribution is 2.41. The molecule has 0 unspecified atom stereocenters. The Morgan fingerprint density at radius 1 is 1.33 bits per heavy atom. The number of ether oxygens (including phenoxy) is 1. The number of nitriles is 2. The van der Waals surface area contributed by atoms with E-state index in [2.05, 4.69) is 11.4 Å². The van der Waals surface area contributed by atoms with E-state index in [9.17, 15) is 15.3 Å². The number of thioether (sulfide) groups is 1. The summed E-state index contributed by atoms with van der Waals surface area (Å²) in [7, 11) is 1.52. The number of benzene rings is 1. The Morgan fingerprint density at radius 2 is 2.05 bits per heavy atom. The highest BCUT2D eigenvalue weighted by Gasteiger charge is 2.40. The fourth-order valence-corrected chi connectivity index (χ4v) is 2.98. The Morgan fingerprint density at radius 3 is 2.62 bits per heavy atom. The van der Waals surface area contributed by atoms with Crippen LogP contribution in [-0.2, 0) is 4.79 Å². The summed E-state index contributed by atoms with van der Waals surface area (Å²) in [4.78, 5) is 12.1. The number of rotatable bonds is 3. The molecule has 5 nitrogen and oxygen atoms in total. The van der Waals surface area contributed by atoms with Crippen molar-refractivity contribution in [3.8, 4) is 17.9 Å². The van der Waals surface area contributed by atoms with Crippen molar-refractivity contribution in [2.45, 2.75) is 5.92 Å². The van der Waals surface area contributed by atoms with Crippen LogP contribution in [0.5, 0.6) is 5.75 Å². The maximum Gasteiger partial charge on any atom is 0.243 e. The number of hydrogen-bond acceptors (Lipinski definition) is 5. The quantitative estimate of drug-likeness (QED) is 0.924. The standard InChI is InChI=1S/C15H13N3O2S/c1-20-12-6-4-3-5-9(12)13-10(7-16)14(19)18-15(21-2)11(13)8-17/h3-6,10,13H,1-2H3,(H,18,19)/t10-,13-/m1/s1. The zero-order valence-corrected chi connectivity index (χ0v) is 12.4. The van der Waals surface area contributed by atoms with E-state index in [0.717, 1.165) is 0 Å². The number of para-hydroxylation sites is 1. The van der Waals surface area contributed by atoms with E-state index in [1.807, 2.05) is 6.07 Å². The molecule has 1 heterocycles. The number of hydrogen-bond donors (Lipinski definition) is 1. The number of nitrogens with one attached hydrogen (secondary N) is 1. The van der Waals surface area contributed by atoms with Gasteiger partial charge in [0.25, 0.3) is 0 Å². The first-order valence-electron chi connectivity index (χ1n) is 6.19. The summed E-state index contributed by atoms with van der Waals surface area (Å²) in [5.74, 6) is -1.40. The molecule has 0 spiro atoms. The van der Waals surface area contributed by atoms with Crippen LogP contribution >= 0.6 is 11.8 Å². The fourth-order valence-electron chi connectivity index (χ4n) is 2.39. The van der Waals surface area contributed by atoms with Crippen LogP contribution in [0.2, 0.25) is 0 Å². The van der Waals surface area contributed by atoms with Gasteiger partial charge in [0.1, 0.15) is 11.7 Å². The van der Waals surface area contributed by atoms with E-state index in [1.165, 1.54) is 18.9 Å². The summed E-state index contributed by atoms with van der Waals surface area (Å²) < 4.78 is 5.31. The zero-order valence-electron chi connectivity index (χ0n) is 11.6. The van der Waals surface area contributed by atoms with Crippen LogP contribution in [0, 0.1) is 28.6 Å². The SMILES string of the molecule is COc1ccccc1[C@H]1C(C#N)=C(SC)NC(=O)[C@@H]1C#N. The molecule has 21 heavy (non-hydrogen) atoms. The molecule has 1 aliphatic heterocycles. The molecular weight excluding hydrogens is 286 g/mol. The van der Waals surface area contributed by atoms with Gasteiger partial charge in [-0.3, -0.25) is 4.79 Å². The molecule has 0 fully saturated rings. The van der Waals surface area contributed by atoms with Gasteiger partial charge in [0.05, 0.1) is 35.8 Å². The molecule has 0 aliphatic carbocycles. The van der Waals surface area contributed by atoms with Crippen LogP contribution in [0.3, 0.4) is 0 Å². The van der Waals surface area contributed by atoms with E-state index >= 15 is 0 Å². The lowest BCUT2D eigenvalue weighted by atomic mass is 9.79. The van der Waals surface area contributed by atoms with E-state index in [1.54, 1.807) is 30.5 Å². The van der Waals surface area contributed by atoms with Crippen molar-refractivity contribution in [2.75, 3.05) is 13.4 Å². The van der Waals surface area contributed by atoms with Gasteiger partial charge in [0, 0.05) is 5.56 Å². The molecular formula is C15H13N3O2S. The number of carbonyl (C=O) groups excluding carboxylic acids is 1. The Kier molecular flexibility index (Phi) is 4.52. The molecule has 1 aromatic rings. The molecule has 106 valence electrons. The summed E-state index contributed by atoms with van der Waals surface area (Å²) in [6, 6.07) is 11.3. The average molecular weight is 299 g/mol. The normalized spacial score (nSPS) is 21.2. The highest BCUT2D eigenvalue weighted by atomic mass is 32.2. The van der Waals surface area contributed by atoms with Crippen LogP contribution < -0.4 is 10.1 Å². The second-order valence-corrected chi connectivity index (χ2v) is 5.19. The van der Waals surface area contributed by atoms with Crippen molar-refractivity contribution in [1.82, 2.24) is 5.32 Å². The van der Waals surface area contributed by atoms with Crippen molar-refractivity contribution in [2.24, 2.45) is 5.92 Å². The second-order valence-electron chi connectivity index (χ2n) is 4.37. The Balaban J connectivity index is 2.68. The van der Waals surface area contributed by atoms with Gasteiger partial charge < -0.3 is 10.1 Å². The molecule has 0 radical (unpaired) electrons. The third-order valence-corrected chi connectivity index (χ3v) is 4.08. The van der Waals surface area contributed by atoms with E-state index in [-0.39, 0.29) is 0 Å². The molecule has 0 bridgehead atoms. The van der Waals surface area contributed by atoms with Crippen LogP contribution in [0.1, 0.15) is 11.5 Å². The van der Waals surface area contributed by atoms with Crippen molar-refractivity contribution in [3.05, 3.63) is 40.4 Å². The predicted octanol–water partition coefficient (Wildman–Crippen LogP) is 2.15. The van der Waals surface area contributed by atoms with E-state index in [4.69, 9.17) is 4.74 Å². The molecule has 0 saturated carbocycles. The van der Waals surface area contributed by atoms with Crippen LogP contribution in [-0.4, -0.2) is 19.3 Å². The van der Waals surface area contributed by atoms with Gasteiger partial charge in [-0.25, -0.2) is 0 Å². The highest BCUT2D eigenvalue weighted by molar-refractivity contribution is 8.02. The van der Waals surface area contributed by atoms with Gasteiger partial charge in [-0.05, 0) is 12.3 Å². The second kappa shape index (κ2) is 6.34. The monoisotopic (exact) mass is 299 g/mol. The van der Waals surface area contributed by atoms with Crippen LogP contribution in [0.15, 0.2) is 34.9 Å². The Bertz CT molecular complexity index is 685. The number of nitrogens with zero attached hydrogens (tertiary/aromatic N) is 2. The van der Waals surface area contributed by atoms with Crippen molar-refractivity contribution < 1.29 is 9.53 Å². The average Bonchev–Trinajstić information content (AvgIpc) is 2.53. The third kappa shape index (κ3) is 2.58. The van der Waals surface area contributed by atoms with Gasteiger partial charge in [-0.2, -0.15) is 10.5 Å². The van der Waals surface area contributed by atoms with Crippen molar-refractivity contribution in [3.63, 3.8) is 0 Å². The van der Waals surface area contributed by atoms with E-state index < -0.39 is 17.7 Å². The van der Waals surface area contributed by atoms with Gasteiger partial charge in [-0.1, -0.05) is 18.2 Å². The third-order valence-electron chi connectivity index (χ3n) is 3.35. The largest absolute Gasteiger partial charge is 0.496 e. The Labute approximate surface area is 127 Å². The molecule has 1 N–H and O–H groups in total. The van der Waals surface area contributed by atoms with Gasteiger partial charge in [-0.15, -0.1) is 11.8 Å². The summed E-state index contributed by atoms with van der Waals surface area (Å²) in [5.41, 5.74) is 1.06. The van der Waals surface area contributed by atoms with Gasteiger partial charge in [0.2, 0.25) is 5.91 Å². The molecule has 0 aromatic heterocycles. The van der Waals surface area contributed by atoms with Crippen molar-refractivity contribution in [1.29, 1.82) is 10.5 Å². The minimum atomic E-state index is -0.952. The first-order chi connectivity index (χ1) is 10.2. The number of carbonyl (C=O) groups is 1. The number of methoxy groups -OCH3 is 1. The van der Waals surface area contributed by atoms with Gasteiger partial charge in [0.15, 0.2) is 0 Å². The van der Waals surface area contributed by atoms with Crippen molar-refractivity contribution >= 4 is 17.7 Å². The number of amides is 1. The lowest BCUT2D eigenvalue weighted by Crippen LogP contribution is -2.38. The van der Waals surface area contributed by atoms with Crippen LogP contribution in [0.25, 0.3) is 0 Å². The maximum atomic E-state index is 12.1. The molecule has 1 aromatic carbocycles. The summed E-state index contributed by atoms with van der Waals surface area (Å²) in [5, 5.41) is 21.9. The summed E-state index contributed by atoms with van der Waals surface area (Å²) >= 11 is 1.28. The van der Waals surface area contributed by atoms with Crippen LogP contribution in [0.4, 0.5) is 0 Å². The molecule has 0 saturated heterocycles. The molecule has 6 heteroatoms. The molecule has 1 amide bonds. The lowest BCUT2D eigenvalue weighted by Gasteiger charge is -2.29. The Hall–Kier alpha value is -2.44. The molecule has 2 rings (SSSR count). The topological polar surface area (TPSA) is 85.9 Å². The fraction of sp³-hybridized carbons (Fsp3) is 0.267. The smallest absolute Gasteiger partial charge is 0.243 e. The summed E-state index contributed by atoms with van der Waals surface area (Å²) in [6.07, 6.45) is 1.78. The zero-order chi connectivity index (χ0) is 15.4. The number of allylic oxidation sites excluding steroid dienone is 1. The van der Waals surface area contributed by atoms with Gasteiger partial charge >= 0.3 is 0 Å². The maximum absolute atomic E-state index is 12.1.